The van der Waals surface area contributed by atoms with E-state index in [1.54, 1.807) is 0 Å². The van der Waals surface area contributed by atoms with Crippen molar-refractivity contribution in [3.8, 4) is 17.0 Å². The van der Waals surface area contributed by atoms with E-state index < -0.39 is 9.04 Å². The summed E-state index contributed by atoms with van der Waals surface area (Å²) in [5.74, 6) is 0.785. The molecule has 0 amide bonds. The molecule has 188 valence electrons. The first-order valence-electron chi connectivity index (χ1n) is 12.5. The van der Waals surface area contributed by atoms with Gasteiger partial charge in [-0.3, -0.25) is 0 Å². The van der Waals surface area contributed by atoms with Gasteiger partial charge in [-0.05, 0) is 62.6 Å². The molecule has 2 aromatic heterocycles. The first-order valence-corrected chi connectivity index (χ1v) is 15.2. The molecule has 0 fully saturated rings. The van der Waals surface area contributed by atoms with E-state index in [9.17, 15) is 0 Å². The van der Waals surface area contributed by atoms with Crippen LogP contribution in [0.5, 0.6) is 5.75 Å². The second-order valence-corrected chi connectivity index (χ2v) is 14.0. The Labute approximate surface area is 234 Å². The fraction of sp³-hybridized carbons (Fsp3) is 0.194. The smallest absolute Gasteiger partial charge is 0.244 e. The zero-order chi connectivity index (χ0) is 25.8. The summed E-state index contributed by atoms with van der Waals surface area (Å²) in [4.78, 5) is 4.81. The van der Waals surface area contributed by atoms with Crippen LogP contribution in [0.15, 0.2) is 109 Å². The van der Waals surface area contributed by atoms with Gasteiger partial charge in [-0.1, -0.05) is 93.6 Å². The first-order chi connectivity index (χ1) is 17.8. The highest BCUT2D eigenvalue weighted by molar-refractivity contribution is 14.1. The summed E-state index contributed by atoms with van der Waals surface area (Å²) in [5.41, 5.74) is 2.90. The van der Waals surface area contributed by atoms with E-state index in [2.05, 4.69) is 139 Å². The first kappa shape index (κ1) is 25.7. The minimum absolute atomic E-state index is 0.0351. The third-order valence-electron chi connectivity index (χ3n) is 6.08. The molecule has 5 aromatic rings. The van der Waals surface area contributed by atoms with Crippen LogP contribution in [-0.2, 0) is 4.43 Å². The Morgan fingerprint density at radius 3 is 2.16 bits per heavy atom. The molecule has 37 heavy (non-hydrogen) atoms. The van der Waals surface area contributed by atoms with Crippen LogP contribution in [0.4, 0.5) is 0 Å². The maximum Gasteiger partial charge on any atom is 0.244 e. The van der Waals surface area contributed by atoms with Crippen molar-refractivity contribution in [2.45, 2.75) is 33.5 Å². The Hall–Kier alpha value is -2.94. The third-order valence-corrected chi connectivity index (χ3v) is 9.28. The van der Waals surface area contributed by atoms with Gasteiger partial charge in [0.1, 0.15) is 11.4 Å². The lowest BCUT2D eigenvalue weighted by atomic mass is 9.92. The van der Waals surface area contributed by atoms with Crippen LogP contribution < -0.4 is 15.1 Å². The second-order valence-electron chi connectivity index (χ2n) is 10.4. The predicted octanol–water partition coefficient (Wildman–Crippen LogP) is 6.30. The molecule has 0 saturated heterocycles. The van der Waals surface area contributed by atoms with Crippen LogP contribution in [0, 0.1) is 8.99 Å². The number of pyridine rings is 1. The van der Waals surface area contributed by atoms with Gasteiger partial charge < -0.3 is 13.6 Å². The number of ether oxygens (including phenoxy) is 1. The molecule has 0 bridgehead atoms. The van der Waals surface area contributed by atoms with Crippen molar-refractivity contribution < 1.29 is 9.16 Å². The van der Waals surface area contributed by atoms with E-state index in [4.69, 9.17) is 14.1 Å². The minimum atomic E-state index is -1.98. The summed E-state index contributed by atoms with van der Waals surface area (Å²) >= 11 is 2.32. The molecule has 2 heterocycles. The van der Waals surface area contributed by atoms with E-state index in [0.717, 1.165) is 29.1 Å². The molecule has 0 N–H and O–H groups in total. The molecule has 4 nitrogen and oxygen atoms in total. The van der Waals surface area contributed by atoms with Gasteiger partial charge >= 0.3 is 0 Å². The highest BCUT2D eigenvalue weighted by atomic mass is 127. The fourth-order valence-corrected chi connectivity index (χ4v) is 7.14. The summed E-state index contributed by atoms with van der Waals surface area (Å²) in [6.45, 7) is 6.67. The number of nitrogens with zero attached hydrogens (tertiary/aromatic N) is 2. The lowest BCUT2D eigenvalue weighted by Crippen LogP contribution is -2.49. The molecule has 0 spiro atoms. The van der Waals surface area contributed by atoms with Crippen LogP contribution in [0.25, 0.3) is 16.9 Å². The normalized spacial score (nSPS) is 12.7. The predicted molar refractivity (Wildman–Crippen MR) is 162 cm³/mol. The van der Waals surface area contributed by atoms with Crippen LogP contribution in [0.3, 0.4) is 0 Å². The van der Waals surface area contributed by atoms with Gasteiger partial charge in [0.25, 0.3) is 0 Å². The molecule has 1 unspecified atom stereocenters. The molecule has 3 aromatic carbocycles. The summed E-state index contributed by atoms with van der Waals surface area (Å²) in [6.07, 6.45) is 4.54. The molecule has 5 rings (SSSR count). The Kier molecular flexibility index (Phi) is 7.78. The lowest BCUT2D eigenvalue weighted by molar-refractivity contribution is -0.0227. The van der Waals surface area contributed by atoms with Crippen LogP contribution in [0.1, 0.15) is 27.2 Å². The van der Waals surface area contributed by atoms with Crippen LogP contribution in [-0.4, -0.2) is 24.7 Å². The van der Waals surface area contributed by atoms with E-state index in [0.29, 0.717) is 0 Å². The summed E-state index contributed by atoms with van der Waals surface area (Å²) in [6, 6.07) is 33.4. The van der Waals surface area contributed by atoms with Gasteiger partial charge in [-0.25, -0.2) is 4.98 Å². The largest absolute Gasteiger partial charge is 0.466 e. The number of imidazole rings is 1. The molecular weight excluding hydrogens is 587 g/mol. The number of benzene rings is 3. The maximum absolute atomic E-state index is 6.91. The van der Waals surface area contributed by atoms with Crippen molar-refractivity contribution in [3.63, 3.8) is 0 Å². The highest BCUT2D eigenvalue weighted by Crippen LogP contribution is 2.28. The van der Waals surface area contributed by atoms with Crippen LogP contribution >= 0.6 is 22.6 Å². The van der Waals surface area contributed by atoms with Crippen molar-refractivity contribution in [2.75, 3.05) is 0 Å². The van der Waals surface area contributed by atoms with Gasteiger partial charge in [0.15, 0.2) is 6.29 Å². The van der Waals surface area contributed by atoms with Crippen molar-refractivity contribution in [1.29, 1.82) is 0 Å². The highest BCUT2D eigenvalue weighted by Gasteiger charge is 2.27. The van der Waals surface area contributed by atoms with E-state index in [-0.39, 0.29) is 11.7 Å². The van der Waals surface area contributed by atoms with E-state index >= 15 is 0 Å². The monoisotopic (exact) mass is 618 g/mol. The molecule has 0 saturated carbocycles. The third kappa shape index (κ3) is 6.69. The average Bonchev–Trinajstić information content (AvgIpc) is 3.31. The Morgan fingerprint density at radius 2 is 1.51 bits per heavy atom. The second kappa shape index (κ2) is 11.2. The topological polar surface area (TPSA) is 35.8 Å². The van der Waals surface area contributed by atoms with Gasteiger partial charge in [0.05, 0.1) is 5.69 Å². The lowest BCUT2D eigenvalue weighted by Gasteiger charge is -2.30. The zero-order valence-electron chi connectivity index (χ0n) is 21.3. The fourth-order valence-electron chi connectivity index (χ4n) is 4.36. The van der Waals surface area contributed by atoms with Gasteiger partial charge in [0, 0.05) is 27.9 Å². The van der Waals surface area contributed by atoms with Crippen molar-refractivity contribution in [1.82, 2.24) is 9.38 Å². The quantitative estimate of drug-likeness (QED) is 0.116. The molecular formula is C31H31IN2O2Si. The molecule has 0 aliphatic rings. The maximum atomic E-state index is 6.91. The molecule has 0 radical (unpaired) electrons. The number of aromatic nitrogens is 2. The zero-order valence-corrected chi connectivity index (χ0v) is 24.7. The molecule has 1 atom stereocenters. The molecule has 0 aliphatic heterocycles. The molecule has 0 aliphatic carbocycles. The van der Waals surface area contributed by atoms with Crippen molar-refractivity contribution in [2.24, 2.45) is 5.41 Å². The van der Waals surface area contributed by atoms with Gasteiger partial charge in [-0.15, -0.1) is 0 Å². The average molecular weight is 619 g/mol. The summed E-state index contributed by atoms with van der Waals surface area (Å²) < 4.78 is 16.7. The van der Waals surface area contributed by atoms with Crippen LogP contribution in [0.2, 0.25) is 0 Å². The number of fused-ring (bicyclic) bond motifs is 1. The van der Waals surface area contributed by atoms with Gasteiger partial charge in [0.2, 0.25) is 9.04 Å². The number of hydrogen-bond donors (Lipinski definition) is 0. The SMILES string of the molecule is CC(C)(C)CC(Oc1cccc(-c2cn3cc(I)ccc3n2)c1)O[SiH](c1ccccc1)c1ccccc1. The van der Waals surface area contributed by atoms with Crippen molar-refractivity contribution in [3.05, 3.63) is 113 Å². The number of hydrogen-bond acceptors (Lipinski definition) is 3. The van der Waals surface area contributed by atoms with Gasteiger partial charge in [-0.2, -0.15) is 0 Å². The number of halogens is 1. The Morgan fingerprint density at radius 1 is 0.838 bits per heavy atom. The summed E-state index contributed by atoms with van der Waals surface area (Å²) in [5, 5.41) is 2.48. The van der Waals surface area contributed by atoms with Crippen molar-refractivity contribution >= 4 is 47.7 Å². The Balaban J connectivity index is 1.44. The van der Waals surface area contributed by atoms with E-state index in [1.807, 2.05) is 18.2 Å². The minimum Gasteiger partial charge on any atom is -0.466 e. The summed E-state index contributed by atoms with van der Waals surface area (Å²) in [7, 11) is -1.98. The standard InChI is InChI=1S/C31H31IN2O2Si/c1-31(2,3)20-30(36-37(26-13-6-4-7-14-26)27-15-8-5-9-16-27)35-25-12-10-11-23(19-25)28-22-34-21-24(32)17-18-29(34)33-28/h4-19,21-22,30,37H,20H2,1-3H3. The molecule has 6 heteroatoms. The Bertz CT molecular complexity index is 1430. The number of rotatable bonds is 8. The van der Waals surface area contributed by atoms with E-state index in [1.165, 1.54) is 13.9 Å².